The molecule has 0 bridgehead atoms. The molecule has 0 saturated heterocycles. The van der Waals surface area contributed by atoms with E-state index >= 15 is 0 Å². The molecule has 0 atom stereocenters. The van der Waals surface area contributed by atoms with Gasteiger partial charge in [-0.3, -0.25) is 4.99 Å². The zero-order valence-electron chi connectivity index (χ0n) is 29.6. The first kappa shape index (κ1) is 32.8. The maximum Gasteiger partial charge on any atom is 0.154 e. The van der Waals surface area contributed by atoms with Crippen LogP contribution in [0.1, 0.15) is 16.7 Å². The summed E-state index contributed by atoms with van der Waals surface area (Å²) in [6.07, 6.45) is 1.95. The number of fused-ring (bicyclic) bond motifs is 3. The minimum Gasteiger partial charge on any atom is -0.455 e. The molecule has 0 N–H and O–H groups in total. The van der Waals surface area contributed by atoms with Crippen LogP contribution in [-0.4, -0.2) is 12.1 Å². The van der Waals surface area contributed by atoms with E-state index in [1.807, 2.05) is 42.6 Å². The number of nitrogens with zero attached hydrogens (tertiary/aromatic N) is 2. The SMILES string of the molecule is C(=NC(=NCc1cccc(-c2ccccc2)c1)c1ccccc1)c1ccc(-c2ccccc2)c2oc3c(-c4ccccc4)cc(-c4ccccc4)cc3c12. The Morgan fingerprint density at radius 1 is 0.444 bits per heavy atom. The molecule has 0 radical (unpaired) electrons. The Hall–Kier alpha value is -7.10. The minimum absolute atomic E-state index is 0.500. The van der Waals surface area contributed by atoms with Crippen LogP contribution in [-0.2, 0) is 6.54 Å². The third kappa shape index (κ3) is 6.67. The average Bonchev–Trinajstić information content (AvgIpc) is 3.65. The molecular weight excluding hydrogens is 657 g/mol. The van der Waals surface area contributed by atoms with Gasteiger partial charge in [-0.1, -0.05) is 176 Å². The number of amidine groups is 1. The fraction of sp³-hybridized carbons (Fsp3) is 0.0196. The van der Waals surface area contributed by atoms with E-state index in [1.165, 1.54) is 11.1 Å². The highest BCUT2D eigenvalue weighted by Gasteiger charge is 2.20. The van der Waals surface area contributed by atoms with Gasteiger partial charge in [-0.15, -0.1) is 0 Å². The van der Waals surface area contributed by atoms with Crippen molar-refractivity contribution in [2.75, 3.05) is 0 Å². The van der Waals surface area contributed by atoms with Crippen molar-refractivity contribution in [3.8, 4) is 44.5 Å². The van der Waals surface area contributed by atoms with Crippen LogP contribution in [0.2, 0.25) is 0 Å². The normalized spacial score (nSPS) is 11.8. The van der Waals surface area contributed by atoms with Gasteiger partial charge in [-0.25, -0.2) is 4.99 Å². The van der Waals surface area contributed by atoms with Crippen LogP contribution in [0.5, 0.6) is 0 Å². The molecule has 1 aromatic heterocycles. The monoisotopic (exact) mass is 692 g/mol. The van der Waals surface area contributed by atoms with Crippen molar-refractivity contribution in [1.29, 1.82) is 0 Å². The third-order valence-corrected chi connectivity index (χ3v) is 9.83. The summed E-state index contributed by atoms with van der Waals surface area (Å²) in [6.45, 7) is 0.500. The van der Waals surface area contributed by atoms with Gasteiger partial charge in [-0.2, -0.15) is 0 Å². The zero-order chi connectivity index (χ0) is 36.1. The van der Waals surface area contributed by atoms with E-state index in [1.54, 1.807) is 0 Å². The largest absolute Gasteiger partial charge is 0.455 e. The second-order valence-electron chi connectivity index (χ2n) is 13.3. The Kier molecular flexibility index (Phi) is 9.02. The maximum absolute atomic E-state index is 7.01. The zero-order valence-corrected chi connectivity index (χ0v) is 29.6. The highest BCUT2D eigenvalue weighted by atomic mass is 16.3. The fourth-order valence-electron chi connectivity index (χ4n) is 7.16. The Morgan fingerprint density at radius 2 is 1.00 bits per heavy atom. The Morgan fingerprint density at radius 3 is 1.65 bits per heavy atom. The Bertz CT molecular complexity index is 2750. The molecule has 8 aromatic carbocycles. The third-order valence-electron chi connectivity index (χ3n) is 9.83. The van der Waals surface area contributed by atoms with E-state index in [2.05, 4.69) is 164 Å². The fourth-order valence-corrected chi connectivity index (χ4v) is 7.16. The molecule has 9 rings (SSSR count). The van der Waals surface area contributed by atoms with Crippen molar-refractivity contribution in [3.63, 3.8) is 0 Å². The van der Waals surface area contributed by atoms with Crippen molar-refractivity contribution in [1.82, 2.24) is 0 Å². The lowest BCUT2D eigenvalue weighted by Crippen LogP contribution is -2.00. The molecular formula is C51H36N2O. The Labute approximate surface area is 315 Å². The van der Waals surface area contributed by atoms with Crippen molar-refractivity contribution in [2.45, 2.75) is 6.54 Å². The molecule has 1 heterocycles. The van der Waals surface area contributed by atoms with Gasteiger partial charge in [-0.05, 0) is 63.2 Å². The van der Waals surface area contributed by atoms with Crippen molar-refractivity contribution >= 4 is 34.0 Å². The van der Waals surface area contributed by atoms with Crippen LogP contribution >= 0.6 is 0 Å². The highest BCUT2D eigenvalue weighted by molar-refractivity contribution is 6.20. The molecule has 3 heteroatoms. The standard InChI is InChI=1S/C51H36N2O/c1-6-18-37(19-7-1)42-28-16-17-36(31-42)34-52-51(41-26-14-5-15-27-41)53-35-43-29-30-45(39-22-10-3-11-23-39)50-48(43)47-33-44(38-20-8-2-9-21-38)32-46(49(47)54-50)40-24-12-4-13-25-40/h1-33,35H,34H2. The molecule has 0 spiro atoms. The van der Waals surface area contributed by atoms with Crippen molar-refractivity contribution in [3.05, 3.63) is 217 Å². The molecule has 0 unspecified atom stereocenters. The smallest absolute Gasteiger partial charge is 0.154 e. The van der Waals surface area contributed by atoms with Crippen LogP contribution < -0.4 is 0 Å². The number of hydrogen-bond donors (Lipinski definition) is 0. The van der Waals surface area contributed by atoms with E-state index < -0.39 is 0 Å². The summed E-state index contributed by atoms with van der Waals surface area (Å²) in [5, 5.41) is 2.06. The molecule has 54 heavy (non-hydrogen) atoms. The van der Waals surface area contributed by atoms with Gasteiger partial charge < -0.3 is 4.42 Å². The van der Waals surface area contributed by atoms with Gasteiger partial charge in [0.25, 0.3) is 0 Å². The van der Waals surface area contributed by atoms with Crippen LogP contribution in [0.3, 0.4) is 0 Å². The molecule has 0 aliphatic rings. The lowest BCUT2D eigenvalue weighted by atomic mass is 9.94. The molecule has 256 valence electrons. The van der Waals surface area contributed by atoms with Gasteiger partial charge in [0.15, 0.2) is 5.84 Å². The van der Waals surface area contributed by atoms with E-state index in [0.717, 1.165) is 72.0 Å². The van der Waals surface area contributed by atoms with E-state index in [-0.39, 0.29) is 0 Å². The van der Waals surface area contributed by atoms with Crippen molar-refractivity contribution < 1.29 is 4.42 Å². The number of aliphatic imine (C=N–C) groups is 2. The second-order valence-corrected chi connectivity index (χ2v) is 13.3. The van der Waals surface area contributed by atoms with Crippen LogP contribution in [0, 0.1) is 0 Å². The van der Waals surface area contributed by atoms with E-state index in [0.29, 0.717) is 12.4 Å². The summed E-state index contributed by atoms with van der Waals surface area (Å²) in [4.78, 5) is 10.3. The van der Waals surface area contributed by atoms with Gasteiger partial charge in [0.05, 0.1) is 6.54 Å². The first-order valence-electron chi connectivity index (χ1n) is 18.3. The average molecular weight is 693 g/mol. The Balaban J connectivity index is 1.22. The topological polar surface area (TPSA) is 37.9 Å². The predicted molar refractivity (Wildman–Crippen MR) is 226 cm³/mol. The van der Waals surface area contributed by atoms with Crippen LogP contribution in [0.25, 0.3) is 66.4 Å². The molecule has 0 amide bonds. The summed E-state index contributed by atoms with van der Waals surface area (Å²) in [7, 11) is 0. The summed E-state index contributed by atoms with van der Waals surface area (Å²) in [6, 6.07) is 69.6. The first-order chi connectivity index (χ1) is 26.8. The molecule has 0 saturated carbocycles. The second kappa shape index (κ2) is 14.9. The van der Waals surface area contributed by atoms with Crippen molar-refractivity contribution in [2.24, 2.45) is 9.98 Å². The summed E-state index contributed by atoms with van der Waals surface area (Å²) >= 11 is 0. The predicted octanol–water partition coefficient (Wildman–Crippen LogP) is 13.3. The number of hydrogen-bond acceptors (Lipinski definition) is 2. The minimum atomic E-state index is 0.500. The lowest BCUT2D eigenvalue weighted by molar-refractivity contribution is 0.671. The van der Waals surface area contributed by atoms with Gasteiger partial charge >= 0.3 is 0 Å². The number of benzene rings is 8. The van der Waals surface area contributed by atoms with Crippen LogP contribution in [0.15, 0.2) is 215 Å². The summed E-state index contributed by atoms with van der Waals surface area (Å²) < 4.78 is 7.01. The lowest BCUT2D eigenvalue weighted by Gasteiger charge is -2.08. The summed E-state index contributed by atoms with van der Waals surface area (Å²) in [5.41, 5.74) is 13.6. The molecule has 9 aromatic rings. The molecule has 0 fully saturated rings. The van der Waals surface area contributed by atoms with Gasteiger partial charge in [0, 0.05) is 39.2 Å². The summed E-state index contributed by atoms with van der Waals surface area (Å²) in [5.74, 6) is 0.670. The quantitative estimate of drug-likeness (QED) is 0.115. The molecule has 3 nitrogen and oxygen atoms in total. The molecule has 0 aliphatic carbocycles. The van der Waals surface area contributed by atoms with E-state index in [4.69, 9.17) is 14.4 Å². The number of furan rings is 1. The van der Waals surface area contributed by atoms with Gasteiger partial charge in [0.1, 0.15) is 11.2 Å². The molecule has 0 aliphatic heterocycles. The van der Waals surface area contributed by atoms with Gasteiger partial charge in [0.2, 0.25) is 0 Å². The van der Waals surface area contributed by atoms with Crippen LogP contribution in [0.4, 0.5) is 0 Å². The van der Waals surface area contributed by atoms with E-state index in [9.17, 15) is 0 Å². The highest BCUT2D eigenvalue weighted by Crippen LogP contribution is 2.43. The maximum atomic E-state index is 7.01. The number of rotatable bonds is 8. The first-order valence-corrected chi connectivity index (χ1v) is 18.3.